The second-order valence-corrected chi connectivity index (χ2v) is 5.63. The molecule has 1 atom stereocenters. The largest absolute Gasteiger partial charge is 0.497 e. The van der Waals surface area contributed by atoms with E-state index in [-0.39, 0.29) is 12.6 Å². The van der Waals surface area contributed by atoms with Gasteiger partial charge in [0.25, 0.3) is 0 Å². The van der Waals surface area contributed by atoms with Crippen LogP contribution < -0.4 is 15.4 Å². The van der Waals surface area contributed by atoms with Crippen molar-refractivity contribution in [1.82, 2.24) is 10.6 Å². The van der Waals surface area contributed by atoms with E-state index in [9.17, 15) is 9.90 Å². The van der Waals surface area contributed by atoms with Crippen LogP contribution in [-0.2, 0) is 6.54 Å². The fraction of sp³-hybridized carbons (Fsp3) is 0.562. The Labute approximate surface area is 126 Å². The van der Waals surface area contributed by atoms with Crippen molar-refractivity contribution in [1.29, 1.82) is 0 Å². The average Bonchev–Trinajstić information content (AvgIpc) is 2.44. The molecule has 21 heavy (non-hydrogen) atoms. The summed E-state index contributed by atoms with van der Waals surface area (Å²) in [4.78, 5) is 11.9. The second kappa shape index (κ2) is 7.88. The lowest BCUT2D eigenvalue weighted by Crippen LogP contribution is -2.52. The number of carbonyl (C=O) groups excluding carboxylic acids is 1. The average molecular weight is 294 g/mol. The minimum absolute atomic E-state index is 0.0769. The first-order valence-electron chi connectivity index (χ1n) is 7.24. The van der Waals surface area contributed by atoms with Gasteiger partial charge in [-0.25, -0.2) is 4.79 Å². The van der Waals surface area contributed by atoms with Crippen molar-refractivity contribution in [2.75, 3.05) is 13.7 Å². The van der Waals surface area contributed by atoms with E-state index in [4.69, 9.17) is 4.74 Å². The topological polar surface area (TPSA) is 70.6 Å². The van der Waals surface area contributed by atoms with Crippen molar-refractivity contribution in [3.05, 3.63) is 29.3 Å². The summed E-state index contributed by atoms with van der Waals surface area (Å²) >= 11 is 0. The van der Waals surface area contributed by atoms with Gasteiger partial charge in [0.15, 0.2) is 0 Å². The SMILES string of the molecule is CCCC(C)(CO)NC(=O)NCc1cc(C)cc(OC)c1. The number of methoxy groups -OCH3 is 1. The second-order valence-electron chi connectivity index (χ2n) is 5.63. The van der Waals surface area contributed by atoms with Crippen molar-refractivity contribution in [3.8, 4) is 5.75 Å². The van der Waals surface area contributed by atoms with E-state index in [2.05, 4.69) is 10.6 Å². The Morgan fingerprint density at radius 3 is 2.67 bits per heavy atom. The Morgan fingerprint density at radius 2 is 2.10 bits per heavy atom. The Kier molecular flexibility index (Phi) is 6.49. The van der Waals surface area contributed by atoms with Gasteiger partial charge < -0.3 is 20.5 Å². The number of carbonyl (C=O) groups is 1. The number of nitrogens with one attached hydrogen (secondary N) is 2. The van der Waals surface area contributed by atoms with E-state index < -0.39 is 5.54 Å². The predicted octanol–water partition coefficient (Wildman–Crippen LogP) is 2.35. The van der Waals surface area contributed by atoms with E-state index >= 15 is 0 Å². The minimum atomic E-state index is -0.580. The number of aryl methyl sites for hydroxylation is 1. The van der Waals surface area contributed by atoms with E-state index in [1.165, 1.54) is 0 Å². The summed E-state index contributed by atoms with van der Waals surface area (Å²) in [6.45, 7) is 6.18. The molecule has 0 radical (unpaired) electrons. The molecule has 0 aliphatic rings. The van der Waals surface area contributed by atoms with Crippen LogP contribution in [0.25, 0.3) is 0 Å². The van der Waals surface area contributed by atoms with Gasteiger partial charge in [-0.2, -0.15) is 0 Å². The van der Waals surface area contributed by atoms with E-state index in [0.717, 1.165) is 29.7 Å². The fourth-order valence-electron chi connectivity index (χ4n) is 2.28. The van der Waals surface area contributed by atoms with Gasteiger partial charge >= 0.3 is 6.03 Å². The molecular weight excluding hydrogens is 268 g/mol. The Hall–Kier alpha value is -1.75. The molecule has 0 saturated carbocycles. The number of aliphatic hydroxyl groups excluding tert-OH is 1. The lowest BCUT2D eigenvalue weighted by Gasteiger charge is -2.28. The molecule has 0 fully saturated rings. The summed E-state index contributed by atoms with van der Waals surface area (Å²) in [7, 11) is 1.62. The fourth-order valence-corrected chi connectivity index (χ4v) is 2.28. The molecule has 0 aliphatic carbocycles. The van der Waals surface area contributed by atoms with Crippen LogP contribution in [0.5, 0.6) is 5.75 Å². The van der Waals surface area contributed by atoms with E-state index in [1.54, 1.807) is 7.11 Å². The van der Waals surface area contributed by atoms with Crippen LogP contribution in [-0.4, -0.2) is 30.4 Å². The number of amides is 2. The summed E-state index contributed by atoms with van der Waals surface area (Å²) in [5.74, 6) is 0.776. The highest BCUT2D eigenvalue weighted by atomic mass is 16.5. The molecule has 2 amide bonds. The van der Waals surface area contributed by atoms with Gasteiger partial charge in [0, 0.05) is 6.54 Å². The van der Waals surface area contributed by atoms with Crippen molar-refractivity contribution >= 4 is 6.03 Å². The quantitative estimate of drug-likeness (QED) is 0.723. The highest BCUT2D eigenvalue weighted by Gasteiger charge is 2.24. The van der Waals surface area contributed by atoms with Gasteiger partial charge in [0.1, 0.15) is 5.75 Å². The molecule has 0 heterocycles. The molecule has 118 valence electrons. The van der Waals surface area contributed by atoms with Crippen LogP contribution in [0.1, 0.15) is 37.8 Å². The molecule has 0 spiro atoms. The normalized spacial score (nSPS) is 13.4. The summed E-state index contributed by atoms with van der Waals surface area (Å²) < 4.78 is 5.21. The third-order valence-electron chi connectivity index (χ3n) is 3.37. The van der Waals surface area contributed by atoms with Crippen molar-refractivity contribution in [2.24, 2.45) is 0 Å². The van der Waals surface area contributed by atoms with Gasteiger partial charge in [-0.15, -0.1) is 0 Å². The van der Waals surface area contributed by atoms with Crippen molar-refractivity contribution in [3.63, 3.8) is 0 Å². The first kappa shape index (κ1) is 17.3. The van der Waals surface area contributed by atoms with Gasteiger partial charge in [0.2, 0.25) is 0 Å². The number of rotatable bonds is 7. The third-order valence-corrected chi connectivity index (χ3v) is 3.37. The van der Waals surface area contributed by atoms with Crippen LogP contribution in [0, 0.1) is 6.92 Å². The maximum absolute atomic E-state index is 11.9. The molecule has 3 N–H and O–H groups in total. The van der Waals surface area contributed by atoms with Crippen LogP contribution in [0.3, 0.4) is 0 Å². The monoisotopic (exact) mass is 294 g/mol. The molecule has 0 saturated heterocycles. The molecular formula is C16H26N2O3. The molecule has 0 aromatic heterocycles. The third kappa shape index (κ3) is 5.63. The maximum atomic E-state index is 11.9. The van der Waals surface area contributed by atoms with Crippen molar-refractivity contribution < 1.29 is 14.6 Å². The number of urea groups is 1. The lowest BCUT2D eigenvalue weighted by molar-refractivity contribution is 0.163. The highest BCUT2D eigenvalue weighted by Crippen LogP contribution is 2.16. The van der Waals surface area contributed by atoms with E-state index in [0.29, 0.717) is 6.54 Å². The smallest absolute Gasteiger partial charge is 0.315 e. The predicted molar refractivity (Wildman–Crippen MR) is 83.5 cm³/mol. The summed E-state index contributed by atoms with van der Waals surface area (Å²) in [6.07, 6.45) is 1.63. The van der Waals surface area contributed by atoms with Crippen LogP contribution in [0.15, 0.2) is 18.2 Å². The molecule has 5 nitrogen and oxygen atoms in total. The number of aliphatic hydroxyl groups is 1. The molecule has 0 bridgehead atoms. The zero-order valence-electron chi connectivity index (χ0n) is 13.3. The minimum Gasteiger partial charge on any atom is -0.497 e. The summed E-state index contributed by atoms with van der Waals surface area (Å²) in [5.41, 5.74) is 1.48. The zero-order chi connectivity index (χ0) is 15.9. The number of hydrogen-bond acceptors (Lipinski definition) is 3. The molecule has 5 heteroatoms. The van der Waals surface area contributed by atoms with Crippen LogP contribution in [0.2, 0.25) is 0 Å². The lowest BCUT2D eigenvalue weighted by atomic mass is 9.98. The molecule has 1 rings (SSSR count). The molecule has 1 aromatic rings. The van der Waals surface area contributed by atoms with Crippen LogP contribution in [0.4, 0.5) is 4.79 Å². The van der Waals surface area contributed by atoms with Gasteiger partial charge in [-0.1, -0.05) is 19.4 Å². The number of benzene rings is 1. The standard InChI is InChI=1S/C16H26N2O3/c1-5-6-16(3,11-19)18-15(20)17-10-13-7-12(2)8-14(9-13)21-4/h7-9,19H,5-6,10-11H2,1-4H3,(H2,17,18,20). The van der Waals surface area contributed by atoms with Gasteiger partial charge in [0.05, 0.1) is 19.3 Å². The molecule has 1 unspecified atom stereocenters. The van der Waals surface area contributed by atoms with Crippen molar-refractivity contribution in [2.45, 2.75) is 45.7 Å². The Balaban J connectivity index is 2.58. The number of hydrogen-bond donors (Lipinski definition) is 3. The Morgan fingerprint density at radius 1 is 1.38 bits per heavy atom. The maximum Gasteiger partial charge on any atom is 0.315 e. The summed E-state index contributed by atoms with van der Waals surface area (Å²) in [5, 5.41) is 15.0. The summed E-state index contributed by atoms with van der Waals surface area (Å²) in [6, 6.07) is 5.55. The molecule has 1 aromatic carbocycles. The zero-order valence-corrected chi connectivity index (χ0v) is 13.3. The number of ether oxygens (including phenoxy) is 1. The van der Waals surface area contributed by atoms with Crippen LogP contribution >= 0.6 is 0 Å². The first-order chi connectivity index (χ1) is 9.92. The Bertz CT molecular complexity index is 477. The van der Waals surface area contributed by atoms with Gasteiger partial charge in [-0.05, 0) is 43.5 Å². The first-order valence-corrected chi connectivity index (χ1v) is 7.24. The van der Waals surface area contributed by atoms with E-state index in [1.807, 2.05) is 39.0 Å². The highest BCUT2D eigenvalue weighted by molar-refractivity contribution is 5.74. The molecule has 0 aliphatic heterocycles. The van der Waals surface area contributed by atoms with Gasteiger partial charge in [-0.3, -0.25) is 0 Å².